The molecule has 2 aliphatic heterocycles. The van der Waals surface area contributed by atoms with Crippen LogP contribution in [0.4, 0.5) is 5.69 Å². The number of benzene rings is 4. The van der Waals surface area contributed by atoms with Gasteiger partial charge in [0.25, 0.3) is 29.3 Å². The van der Waals surface area contributed by atoms with Crippen molar-refractivity contribution in [3.05, 3.63) is 111 Å². The van der Waals surface area contributed by atoms with Gasteiger partial charge in [0, 0.05) is 95.8 Å². The minimum absolute atomic E-state index is 0.132. The zero-order chi connectivity index (χ0) is 34.4. The minimum Gasteiger partial charge on any atom is -0.313 e. The van der Waals surface area contributed by atoms with Gasteiger partial charge in [-0.1, -0.05) is 24.3 Å². The molecule has 2 N–H and O–H groups in total. The summed E-state index contributed by atoms with van der Waals surface area (Å²) < 4.78 is 0. The molecule has 246 valence electrons. The highest BCUT2D eigenvalue weighted by Crippen LogP contribution is 2.35. The van der Waals surface area contributed by atoms with E-state index in [1.165, 1.54) is 17.0 Å². The lowest BCUT2D eigenvalue weighted by atomic mass is 9.91. The Morgan fingerprint density at radius 3 is 1.69 bits per heavy atom. The van der Waals surface area contributed by atoms with Gasteiger partial charge in [-0.15, -0.1) is 0 Å². The highest BCUT2D eigenvalue weighted by Gasteiger charge is 2.38. The van der Waals surface area contributed by atoms with Crippen LogP contribution in [-0.2, 0) is 0 Å². The van der Waals surface area contributed by atoms with Crippen molar-refractivity contribution in [1.82, 2.24) is 30.4 Å². The van der Waals surface area contributed by atoms with Crippen molar-refractivity contribution in [2.75, 3.05) is 26.2 Å². The van der Waals surface area contributed by atoms with E-state index in [4.69, 9.17) is 0 Å². The van der Waals surface area contributed by atoms with Gasteiger partial charge in [-0.2, -0.15) is 0 Å². The van der Waals surface area contributed by atoms with Crippen molar-refractivity contribution in [1.29, 1.82) is 0 Å². The van der Waals surface area contributed by atoms with E-state index >= 15 is 0 Å². The highest BCUT2D eigenvalue weighted by atomic mass is 16.6. The molecule has 0 aliphatic carbocycles. The van der Waals surface area contributed by atoms with E-state index in [1.54, 1.807) is 61.8 Å². The lowest BCUT2D eigenvalue weighted by Crippen LogP contribution is -2.51. The molecule has 0 bridgehead atoms. The van der Waals surface area contributed by atoms with E-state index in [-0.39, 0.29) is 29.6 Å². The molecule has 5 aromatic rings. The summed E-state index contributed by atoms with van der Waals surface area (Å²) in [7, 11) is 0. The Balaban J connectivity index is 0.971. The number of carbonyl (C=O) groups is 4. The average Bonchev–Trinajstić information content (AvgIpc) is 3.10. The summed E-state index contributed by atoms with van der Waals surface area (Å²) in [6, 6.07) is 17.3. The first-order valence-corrected chi connectivity index (χ1v) is 15.9. The fourth-order valence-electron chi connectivity index (χ4n) is 6.70. The smallest absolute Gasteiger partial charge is 0.270 e. The Morgan fingerprint density at radius 2 is 1.16 bits per heavy atom. The molecule has 0 spiro atoms. The van der Waals surface area contributed by atoms with Crippen LogP contribution in [0.2, 0.25) is 0 Å². The number of imide groups is 2. The van der Waals surface area contributed by atoms with Gasteiger partial charge >= 0.3 is 0 Å². The first-order chi connectivity index (χ1) is 23.7. The molecular formula is C36H31N7O6. The summed E-state index contributed by atoms with van der Waals surface area (Å²) in [6.07, 6.45) is 3.27. The fourth-order valence-corrected chi connectivity index (χ4v) is 6.70. The summed E-state index contributed by atoms with van der Waals surface area (Å²) in [6.45, 7) is 5.11. The molecule has 0 saturated heterocycles. The molecule has 0 fully saturated rings. The minimum atomic E-state index is -0.574. The Labute approximate surface area is 280 Å². The quantitative estimate of drug-likeness (QED) is 0.0909. The van der Waals surface area contributed by atoms with Crippen molar-refractivity contribution < 1.29 is 24.1 Å². The molecule has 1 aromatic heterocycles. The van der Waals surface area contributed by atoms with Gasteiger partial charge in [-0.3, -0.25) is 39.1 Å². The van der Waals surface area contributed by atoms with E-state index < -0.39 is 28.8 Å². The third-order valence-corrected chi connectivity index (χ3v) is 9.01. The maximum absolute atomic E-state index is 13.8. The van der Waals surface area contributed by atoms with E-state index in [0.717, 1.165) is 10.3 Å². The second-order valence-corrected chi connectivity index (χ2v) is 12.2. The van der Waals surface area contributed by atoms with Gasteiger partial charge in [0.1, 0.15) is 0 Å². The number of nitrogens with one attached hydrogen (secondary N) is 2. The molecule has 3 heterocycles. The van der Waals surface area contributed by atoms with Gasteiger partial charge in [0.2, 0.25) is 0 Å². The van der Waals surface area contributed by atoms with Crippen molar-refractivity contribution >= 4 is 50.9 Å². The molecule has 7 rings (SSSR count). The van der Waals surface area contributed by atoms with Crippen LogP contribution in [0.15, 0.2) is 79.1 Å². The molecule has 0 radical (unpaired) electrons. The third-order valence-electron chi connectivity index (χ3n) is 9.01. The predicted molar refractivity (Wildman–Crippen MR) is 181 cm³/mol. The molecule has 4 amide bonds. The maximum Gasteiger partial charge on any atom is 0.270 e. The summed E-state index contributed by atoms with van der Waals surface area (Å²) in [5.74, 6) is -1.28. The number of aromatic nitrogens is 2. The van der Waals surface area contributed by atoms with Crippen molar-refractivity contribution in [2.45, 2.75) is 25.9 Å². The number of nitrogens with zero attached hydrogens (tertiary/aromatic N) is 5. The zero-order valence-corrected chi connectivity index (χ0v) is 26.7. The first kappa shape index (κ1) is 31.7. The fraction of sp³-hybridized carbons (Fsp3) is 0.222. The van der Waals surface area contributed by atoms with Crippen molar-refractivity contribution in [2.24, 2.45) is 0 Å². The van der Waals surface area contributed by atoms with Crippen molar-refractivity contribution in [3.8, 4) is 11.4 Å². The van der Waals surface area contributed by atoms with Crippen LogP contribution < -0.4 is 10.6 Å². The van der Waals surface area contributed by atoms with E-state index in [9.17, 15) is 29.3 Å². The topological polar surface area (TPSA) is 168 Å². The monoisotopic (exact) mass is 657 g/mol. The van der Waals surface area contributed by atoms with Gasteiger partial charge in [0.15, 0.2) is 5.82 Å². The van der Waals surface area contributed by atoms with Crippen LogP contribution in [0.5, 0.6) is 0 Å². The summed E-state index contributed by atoms with van der Waals surface area (Å²) in [5, 5.41) is 20.3. The molecular weight excluding hydrogens is 626 g/mol. The molecule has 4 aromatic carbocycles. The average molecular weight is 658 g/mol. The van der Waals surface area contributed by atoms with Crippen LogP contribution in [0.25, 0.3) is 32.9 Å². The van der Waals surface area contributed by atoms with Crippen LogP contribution in [-0.4, -0.2) is 86.6 Å². The normalized spacial score (nSPS) is 15.3. The second-order valence-electron chi connectivity index (χ2n) is 12.2. The van der Waals surface area contributed by atoms with Crippen molar-refractivity contribution in [3.63, 3.8) is 0 Å². The largest absolute Gasteiger partial charge is 0.313 e. The standard InChI is InChI=1S/C36H31N7O6/c1-20(41-33(44)26-8-3-6-22-14-24(32-39-10-5-11-40-32)16-28(30(22)26)35(41)46)18-37-12-13-38-19-21(2)42-34(45)27-9-4-7-23-15-25(43(48)49)17-29(31(23)27)36(42)47/h3-11,14-17,20-21,37-38H,12-13,18-19H2,1-2H3/t20-,21-/m0/s1. The van der Waals surface area contributed by atoms with E-state index in [2.05, 4.69) is 20.6 Å². The van der Waals surface area contributed by atoms with Crippen LogP contribution in [0, 0.1) is 10.1 Å². The number of hydrogen-bond acceptors (Lipinski definition) is 10. The Bertz CT molecular complexity index is 2210. The van der Waals surface area contributed by atoms with E-state index in [1.807, 2.05) is 19.1 Å². The molecule has 0 saturated carbocycles. The van der Waals surface area contributed by atoms with Gasteiger partial charge in [-0.25, -0.2) is 9.97 Å². The van der Waals surface area contributed by atoms with Gasteiger partial charge in [-0.05, 0) is 55.0 Å². The molecule has 13 heteroatoms. The van der Waals surface area contributed by atoms with Gasteiger partial charge < -0.3 is 10.6 Å². The molecule has 2 aliphatic rings. The van der Waals surface area contributed by atoms with Crippen LogP contribution in [0.3, 0.4) is 0 Å². The number of amides is 4. The summed E-state index contributed by atoms with van der Waals surface area (Å²) in [4.78, 5) is 76.2. The summed E-state index contributed by atoms with van der Waals surface area (Å²) >= 11 is 0. The first-order valence-electron chi connectivity index (χ1n) is 15.9. The Morgan fingerprint density at radius 1 is 0.673 bits per heavy atom. The zero-order valence-electron chi connectivity index (χ0n) is 26.7. The number of hydrogen-bond donors (Lipinski definition) is 2. The number of non-ortho nitro benzene ring substituents is 1. The molecule has 13 nitrogen and oxygen atoms in total. The summed E-state index contributed by atoms with van der Waals surface area (Å²) in [5.41, 5.74) is 1.82. The van der Waals surface area contributed by atoms with E-state index in [0.29, 0.717) is 63.9 Å². The maximum atomic E-state index is 13.8. The SMILES string of the molecule is C[C@@H](CNCCNC[C@H](C)N1C(=O)c2cccc3cc([N+](=O)[O-])cc(c23)C1=O)N1C(=O)c2cccc3cc(-c4ncccn4)cc(c23)C1=O. The number of nitro groups is 1. The number of nitro benzene ring substituents is 1. The molecule has 2 atom stereocenters. The number of carbonyl (C=O) groups excluding carboxylic acids is 4. The lowest BCUT2D eigenvalue weighted by Gasteiger charge is -2.32. The van der Waals surface area contributed by atoms with Crippen LogP contribution in [0.1, 0.15) is 55.3 Å². The van der Waals surface area contributed by atoms with Crippen LogP contribution >= 0.6 is 0 Å². The number of rotatable bonds is 11. The molecule has 0 unspecified atom stereocenters. The van der Waals surface area contributed by atoms with Gasteiger partial charge in [0.05, 0.1) is 10.5 Å². The Kier molecular flexibility index (Phi) is 8.14. The Hall–Kier alpha value is -5.92. The highest BCUT2D eigenvalue weighted by molar-refractivity contribution is 6.27. The molecule has 49 heavy (non-hydrogen) atoms. The predicted octanol–water partition coefficient (Wildman–Crippen LogP) is 4.21. The second kappa shape index (κ2) is 12.6. The third kappa shape index (κ3) is 5.48. The lowest BCUT2D eigenvalue weighted by molar-refractivity contribution is -0.384.